The highest BCUT2D eigenvalue weighted by atomic mass is 32.2. The fourth-order valence-electron chi connectivity index (χ4n) is 3.68. The van der Waals surface area contributed by atoms with Crippen LogP contribution in [-0.2, 0) is 27.8 Å². The molecule has 35 heavy (non-hydrogen) atoms. The molecular weight excluding hydrogens is 488 g/mol. The van der Waals surface area contributed by atoms with Gasteiger partial charge in [-0.2, -0.15) is 20.1 Å². The van der Waals surface area contributed by atoms with Crippen LogP contribution in [0.1, 0.15) is 46.1 Å². The van der Waals surface area contributed by atoms with Gasteiger partial charge in [-0.3, -0.25) is 9.59 Å². The number of hydrogen-bond acceptors (Lipinski definition) is 8. The van der Waals surface area contributed by atoms with Crippen molar-refractivity contribution < 1.29 is 18.0 Å². The molecule has 2 aromatic rings. The molecular formula is C23H22N6O4S2. The van der Waals surface area contributed by atoms with Crippen molar-refractivity contribution in [2.45, 2.75) is 37.6 Å². The summed E-state index contributed by atoms with van der Waals surface area (Å²) < 4.78 is 26.9. The summed E-state index contributed by atoms with van der Waals surface area (Å²) in [5.41, 5.74) is 1.41. The van der Waals surface area contributed by atoms with Gasteiger partial charge >= 0.3 is 0 Å². The molecule has 12 heteroatoms. The topological polar surface area (TPSA) is 158 Å². The van der Waals surface area contributed by atoms with E-state index in [4.69, 9.17) is 10.5 Å². The van der Waals surface area contributed by atoms with E-state index in [1.165, 1.54) is 42.5 Å². The number of anilines is 1. The highest BCUT2D eigenvalue weighted by molar-refractivity contribution is 7.89. The standard InChI is InChI=1S/C23H22N6O4S2/c1-16(30)28-13-8-19-20(14-26)23(34-21(19)15-28)27-22(31)17-4-6-18(7-5-17)35(32,33)29(11-2-9-24)12-3-10-25/h4-7H,2-3,8,11-13,15H2,1H3,(H,27,31). The Morgan fingerprint density at radius 3 is 2.29 bits per heavy atom. The Morgan fingerprint density at radius 1 is 1.11 bits per heavy atom. The largest absolute Gasteiger partial charge is 0.337 e. The molecule has 1 aliphatic heterocycles. The first-order valence-corrected chi connectivity index (χ1v) is 12.9. The highest BCUT2D eigenvalue weighted by Crippen LogP contribution is 2.37. The summed E-state index contributed by atoms with van der Waals surface area (Å²) in [4.78, 5) is 27.0. The second-order valence-electron chi connectivity index (χ2n) is 7.71. The Labute approximate surface area is 207 Å². The number of hydrogen-bond donors (Lipinski definition) is 1. The summed E-state index contributed by atoms with van der Waals surface area (Å²) in [5.74, 6) is -0.555. The number of carbonyl (C=O) groups excluding carboxylic acids is 2. The van der Waals surface area contributed by atoms with Gasteiger partial charge in [0, 0.05) is 49.8 Å². The third-order valence-corrected chi connectivity index (χ3v) is 8.59. The van der Waals surface area contributed by atoms with E-state index in [1.54, 1.807) is 4.90 Å². The Hall–Kier alpha value is -3.76. The molecule has 2 heterocycles. The molecule has 0 aliphatic carbocycles. The Kier molecular flexibility index (Phi) is 8.21. The number of nitriles is 3. The zero-order valence-electron chi connectivity index (χ0n) is 18.9. The zero-order valence-corrected chi connectivity index (χ0v) is 20.6. The van der Waals surface area contributed by atoms with Crippen LogP contribution in [0.15, 0.2) is 29.2 Å². The van der Waals surface area contributed by atoms with E-state index >= 15 is 0 Å². The Balaban J connectivity index is 1.79. The van der Waals surface area contributed by atoms with Crippen molar-refractivity contribution in [1.29, 1.82) is 15.8 Å². The number of rotatable bonds is 8. The maximum absolute atomic E-state index is 12.9. The number of nitrogens with one attached hydrogen (secondary N) is 1. The Bertz CT molecular complexity index is 1340. The van der Waals surface area contributed by atoms with Crippen LogP contribution in [0.2, 0.25) is 0 Å². The fourth-order valence-corrected chi connectivity index (χ4v) is 6.33. The van der Waals surface area contributed by atoms with Gasteiger partial charge in [0.15, 0.2) is 0 Å². The number of sulfonamides is 1. The molecule has 0 spiro atoms. The SMILES string of the molecule is CC(=O)N1CCc2c(sc(NC(=O)c3ccc(S(=O)(=O)N(CCC#N)CCC#N)cc3)c2C#N)C1. The molecule has 0 bridgehead atoms. The molecule has 0 radical (unpaired) electrons. The average molecular weight is 511 g/mol. The predicted octanol–water partition coefficient (Wildman–Crippen LogP) is 2.59. The van der Waals surface area contributed by atoms with Crippen LogP contribution in [-0.4, -0.2) is 49.1 Å². The van der Waals surface area contributed by atoms with Crippen molar-refractivity contribution in [2.75, 3.05) is 25.0 Å². The van der Waals surface area contributed by atoms with E-state index in [0.29, 0.717) is 30.1 Å². The zero-order chi connectivity index (χ0) is 25.6. The molecule has 1 aromatic carbocycles. The van der Waals surface area contributed by atoms with Gasteiger partial charge in [0.2, 0.25) is 15.9 Å². The second-order valence-corrected chi connectivity index (χ2v) is 10.8. The van der Waals surface area contributed by atoms with E-state index in [9.17, 15) is 23.3 Å². The van der Waals surface area contributed by atoms with Gasteiger partial charge in [-0.15, -0.1) is 11.3 Å². The van der Waals surface area contributed by atoms with E-state index in [-0.39, 0.29) is 42.3 Å². The lowest BCUT2D eigenvalue weighted by Gasteiger charge is -2.25. The smallest absolute Gasteiger partial charge is 0.256 e. The minimum atomic E-state index is -3.95. The number of nitrogens with zero attached hydrogens (tertiary/aromatic N) is 5. The lowest BCUT2D eigenvalue weighted by atomic mass is 10.0. The molecule has 0 fully saturated rings. The second kappa shape index (κ2) is 11.1. The first kappa shape index (κ1) is 25.9. The molecule has 0 atom stereocenters. The molecule has 1 N–H and O–H groups in total. The Morgan fingerprint density at radius 2 is 1.74 bits per heavy atom. The molecule has 0 saturated heterocycles. The van der Waals surface area contributed by atoms with E-state index in [0.717, 1.165) is 14.7 Å². The average Bonchev–Trinajstić information content (AvgIpc) is 3.19. The number of thiophene rings is 1. The first-order valence-electron chi connectivity index (χ1n) is 10.7. The maximum atomic E-state index is 12.9. The number of carbonyl (C=O) groups is 2. The lowest BCUT2D eigenvalue weighted by Crippen LogP contribution is -2.33. The van der Waals surface area contributed by atoms with Crippen molar-refractivity contribution in [3.63, 3.8) is 0 Å². The summed E-state index contributed by atoms with van der Waals surface area (Å²) >= 11 is 1.25. The number of benzene rings is 1. The van der Waals surface area contributed by atoms with Gasteiger partial charge in [0.05, 0.1) is 29.1 Å². The number of amides is 2. The van der Waals surface area contributed by atoms with Crippen molar-refractivity contribution in [2.24, 2.45) is 0 Å². The molecule has 1 aliphatic rings. The van der Waals surface area contributed by atoms with Crippen LogP contribution in [0.3, 0.4) is 0 Å². The van der Waals surface area contributed by atoms with Gasteiger partial charge in [-0.05, 0) is 36.2 Å². The molecule has 2 amide bonds. The first-order chi connectivity index (χ1) is 16.7. The molecule has 180 valence electrons. The minimum absolute atomic E-state index is 0.0126. The van der Waals surface area contributed by atoms with Gasteiger partial charge < -0.3 is 10.2 Å². The van der Waals surface area contributed by atoms with E-state index in [2.05, 4.69) is 11.4 Å². The summed E-state index contributed by atoms with van der Waals surface area (Å²) in [6.45, 7) is 2.31. The summed E-state index contributed by atoms with van der Waals surface area (Å²) in [7, 11) is -3.95. The van der Waals surface area contributed by atoms with Crippen LogP contribution >= 0.6 is 11.3 Å². The van der Waals surface area contributed by atoms with E-state index < -0.39 is 15.9 Å². The monoisotopic (exact) mass is 510 g/mol. The maximum Gasteiger partial charge on any atom is 0.256 e. The summed E-state index contributed by atoms with van der Waals surface area (Å²) in [5, 5.41) is 30.4. The van der Waals surface area contributed by atoms with Crippen LogP contribution < -0.4 is 5.32 Å². The van der Waals surface area contributed by atoms with Gasteiger partial charge in [-0.25, -0.2) is 8.42 Å². The lowest BCUT2D eigenvalue weighted by molar-refractivity contribution is -0.129. The van der Waals surface area contributed by atoms with E-state index in [1.807, 2.05) is 12.1 Å². The fraction of sp³-hybridized carbons (Fsp3) is 0.348. The van der Waals surface area contributed by atoms with Gasteiger partial charge in [-0.1, -0.05) is 0 Å². The van der Waals surface area contributed by atoms with Gasteiger partial charge in [0.1, 0.15) is 11.1 Å². The van der Waals surface area contributed by atoms with Crippen molar-refractivity contribution in [1.82, 2.24) is 9.21 Å². The summed E-state index contributed by atoms with van der Waals surface area (Å²) in [6.07, 6.45) is 0.507. The minimum Gasteiger partial charge on any atom is -0.337 e. The predicted molar refractivity (Wildman–Crippen MR) is 127 cm³/mol. The third-order valence-electron chi connectivity index (χ3n) is 5.54. The molecule has 1 aromatic heterocycles. The van der Waals surface area contributed by atoms with Crippen molar-refractivity contribution >= 4 is 38.2 Å². The highest BCUT2D eigenvalue weighted by Gasteiger charge is 2.27. The number of fused-ring (bicyclic) bond motifs is 1. The van der Waals surface area contributed by atoms with Crippen LogP contribution in [0.25, 0.3) is 0 Å². The van der Waals surface area contributed by atoms with Crippen molar-refractivity contribution in [3.8, 4) is 18.2 Å². The van der Waals surface area contributed by atoms with Gasteiger partial charge in [0.25, 0.3) is 5.91 Å². The van der Waals surface area contributed by atoms with Crippen LogP contribution in [0, 0.1) is 34.0 Å². The quantitative estimate of drug-likeness (QED) is 0.571. The summed E-state index contributed by atoms with van der Waals surface area (Å²) in [6, 6.07) is 11.3. The normalized spacial score (nSPS) is 12.8. The third kappa shape index (κ3) is 5.67. The molecule has 0 unspecified atom stereocenters. The van der Waals surface area contributed by atoms with Crippen LogP contribution in [0.5, 0.6) is 0 Å². The van der Waals surface area contributed by atoms with Crippen LogP contribution in [0.4, 0.5) is 5.00 Å². The molecule has 3 rings (SSSR count). The molecule has 10 nitrogen and oxygen atoms in total. The van der Waals surface area contributed by atoms with Crippen molar-refractivity contribution in [3.05, 3.63) is 45.8 Å². The molecule has 0 saturated carbocycles.